The molecule has 1 saturated carbocycles. The first kappa shape index (κ1) is 16.3. The van der Waals surface area contributed by atoms with E-state index in [0.717, 1.165) is 32.2 Å². The first-order valence-corrected chi connectivity index (χ1v) is 8.76. The van der Waals surface area contributed by atoms with E-state index in [1.54, 1.807) is 0 Å². The highest BCUT2D eigenvalue weighted by Gasteiger charge is 2.37. The molecule has 1 heterocycles. The lowest BCUT2D eigenvalue weighted by atomic mass is 9.87. The first-order chi connectivity index (χ1) is 9.73. The topological polar surface area (TPSA) is 24.5 Å². The van der Waals surface area contributed by atoms with Crippen molar-refractivity contribution < 1.29 is 4.74 Å². The van der Waals surface area contributed by atoms with E-state index in [1.165, 1.54) is 58.0 Å². The van der Waals surface area contributed by atoms with E-state index in [2.05, 4.69) is 24.1 Å². The van der Waals surface area contributed by atoms with Crippen LogP contribution >= 0.6 is 0 Å². The Morgan fingerprint density at radius 2 is 1.70 bits per heavy atom. The van der Waals surface area contributed by atoms with Gasteiger partial charge < -0.3 is 10.1 Å². The minimum Gasteiger partial charge on any atom is -0.379 e. The molecule has 1 aliphatic heterocycles. The van der Waals surface area contributed by atoms with Crippen LogP contribution < -0.4 is 5.32 Å². The van der Waals surface area contributed by atoms with Crippen molar-refractivity contribution >= 4 is 0 Å². The predicted octanol–water partition coefficient (Wildman–Crippen LogP) is 3.05. The molecule has 2 fully saturated rings. The quantitative estimate of drug-likeness (QED) is 0.598. The van der Waals surface area contributed by atoms with Crippen LogP contribution in [0.1, 0.15) is 58.8 Å². The smallest absolute Gasteiger partial charge is 0.0594 e. The Hall–Kier alpha value is -0.120. The van der Waals surface area contributed by atoms with Crippen LogP contribution in [-0.2, 0) is 4.74 Å². The normalized spacial score (nSPS) is 24.8. The molecule has 0 aromatic heterocycles. The Morgan fingerprint density at radius 1 is 1.05 bits per heavy atom. The summed E-state index contributed by atoms with van der Waals surface area (Å²) in [4.78, 5) is 2.74. The number of nitrogens with zero attached hydrogens (tertiary/aromatic N) is 1. The SMILES string of the molecule is CC(C)CCNCC1(N2CCOCC2)CCCCCC1. The standard InChI is InChI=1S/C17H34N2O/c1-16(2)7-10-18-15-17(8-5-3-4-6-9-17)19-11-13-20-14-12-19/h16,18H,3-15H2,1-2H3. The van der Waals surface area contributed by atoms with Gasteiger partial charge in [0.2, 0.25) is 0 Å². The molecule has 1 N–H and O–H groups in total. The van der Waals surface area contributed by atoms with Crippen LogP contribution in [0.15, 0.2) is 0 Å². The van der Waals surface area contributed by atoms with Gasteiger partial charge in [0.05, 0.1) is 13.2 Å². The summed E-state index contributed by atoms with van der Waals surface area (Å²) in [5.74, 6) is 0.802. The van der Waals surface area contributed by atoms with Crippen LogP contribution in [0, 0.1) is 5.92 Å². The van der Waals surface area contributed by atoms with Crippen molar-refractivity contribution in [1.82, 2.24) is 10.2 Å². The van der Waals surface area contributed by atoms with Crippen molar-refractivity contribution in [3.8, 4) is 0 Å². The van der Waals surface area contributed by atoms with Gasteiger partial charge in [0.1, 0.15) is 0 Å². The van der Waals surface area contributed by atoms with Gasteiger partial charge in [-0.15, -0.1) is 0 Å². The Labute approximate surface area is 125 Å². The monoisotopic (exact) mass is 282 g/mol. The number of morpholine rings is 1. The molecule has 0 unspecified atom stereocenters. The zero-order valence-electron chi connectivity index (χ0n) is 13.6. The van der Waals surface area contributed by atoms with Crippen molar-refractivity contribution in [1.29, 1.82) is 0 Å². The van der Waals surface area contributed by atoms with Crippen LogP contribution in [0.4, 0.5) is 0 Å². The van der Waals surface area contributed by atoms with E-state index in [1.807, 2.05) is 0 Å². The summed E-state index contributed by atoms with van der Waals surface area (Å²) < 4.78 is 5.56. The number of nitrogens with one attached hydrogen (secondary N) is 1. The summed E-state index contributed by atoms with van der Waals surface area (Å²) in [5.41, 5.74) is 0.414. The fraction of sp³-hybridized carbons (Fsp3) is 1.00. The molecule has 1 aliphatic carbocycles. The van der Waals surface area contributed by atoms with Gasteiger partial charge in [0.15, 0.2) is 0 Å². The van der Waals surface area contributed by atoms with Crippen LogP contribution in [0.3, 0.4) is 0 Å². The van der Waals surface area contributed by atoms with E-state index in [4.69, 9.17) is 4.74 Å². The molecule has 118 valence electrons. The molecule has 3 heteroatoms. The molecule has 0 aromatic carbocycles. The third-order valence-corrected chi connectivity index (χ3v) is 5.07. The lowest BCUT2D eigenvalue weighted by Crippen LogP contribution is -2.58. The zero-order valence-corrected chi connectivity index (χ0v) is 13.6. The maximum atomic E-state index is 5.56. The van der Waals surface area contributed by atoms with Gasteiger partial charge in [0, 0.05) is 25.2 Å². The molecule has 0 amide bonds. The second-order valence-corrected chi connectivity index (χ2v) is 7.10. The molecular formula is C17H34N2O. The molecule has 3 nitrogen and oxygen atoms in total. The van der Waals surface area contributed by atoms with Gasteiger partial charge in [0.25, 0.3) is 0 Å². The summed E-state index contributed by atoms with van der Waals surface area (Å²) in [6, 6.07) is 0. The van der Waals surface area contributed by atoms with Crippen molar-refractivity contribution in [2.24, 2.45) is 5.92 Å². The molecule has 0 aromatic rings. The van der Waals surface area contributed by atoms with Crippen LogP contribution in [0.2, 0.25) is 0 Å². The highest BCUT2D eigenvalue weighted by Crippen LogP contribution is 2.32. The molecule has 0 atom stereocenters. The lowest BCUT2D eigenvalue weighted by Gasteiger charge is -2.46. The zero-order chi connectivity index (χ0) is 14.3. The van der Waals surface area contributed by atoms with E-state index < -0.39 is 0 Å². The van der Waals surface area contributed by atoms with Gasteiger partial charge in [-0.1, -0.05) is 39.5 Å². The Balaban J connectivity index is 1.91. The number of ether oxygens (including phenoxy) is 1. The van der Waals surface area contributed by atoms with Crippen LogP contribution in [-0.4, -0.2) is 49.8 Å². The summed E-state index contributed by atoms with van der Waals surface area (Å²) in [5, 5.41) is 3.77. The van der Waals surface area contributed by atoms with Gasteiger partial charge >= 0.3 is 0 Å². The molecular weight excluding hydrogens is 248 g/mol. The van der Waals surface area contributed by atoms with E-state index in [9.17, 15) is 0 Å². The molecule has 0 radical (unpaired) electrons. The van der Waals surface area contributed by atoms with E-state index in [-0.39, 0.29) is 0 Å². The minimum absolute atomic E-state index is 0.414. The van der Waals surface area contributed by atoms with Gasteiger partial charge in [-0.05, 0) is 31.7 Å². The Bertz CT molecular complexity index is 254. The predicted molar refractivity (Wildman–Crippen MR) is 85.1 cm³/mol. The van der Waals surface area contributed by atoms with Crippen molar-refractivity contribution in [3.05, 3.63) is 0 Å². The molecule has 0 spiro atoms. The minimum atomic E-state index is 0.414. The third-order valence-electron chi connectivity index (χ3n) is 5.07. The fourth-order valence-corrected chi connectivity index (χ4v) is 3.74. The largest absolute Gasteiger partial charge is 0.379 e. The van der Waals surface area contributed by atoms with Gasteiger partial charge in [-0.2, -0.15) is 0 Å². The van der Waals surface area contributed by atoms with Crippen LogP contribution in [0.25, 0.3) is 0 Å². The average Bonchev–Trinajstić information content (AvgIpc) is 2.71. The number of hydrogen-bond acceptors (Lipinski definition) is 3. The molecule has 2 rings (SSSR count). The second kappa shape index (κ2) is 8.35. The van der Waals surface area contributed by atoms with Gasteiger partial charge in [-0.25, -0.2) is 0 Å². The van der Waals surface area contributed by atoms with Crippen molar-refractivity contribution in [3.63, 3.8) is 0 Å². The average molecular weight is 282 g/mol. The first-order valence-electron chi connectivity index (χ1n) is 8.76. The lowest BCUT2D eigenvalue weighted by molar-refractivity contribution is -0.0287. The maximum Gasteiger partial charge on any atom is 0.0594 e. The van der Waals surface area contributed by atoms with E-state index >= 15 is 0 Å². The van der Waals surface area contributed by atoms with Crippen LogP contribution in [0.5, 0.6) is 0 Å². The molecule has 2 aliphatic rings. The maximum absolute atomic E-state index is 5.56. The number of hydrogen-bond donors (Lipinski definition) is 1. The molecule has 0 bridgehead atoms. The summed E-state index contributed by atoms with van der Waals surface area (Å²) in [6.45, 7) is 11.1. The summed E-state index contributed by atoms with van der Waals surface area (Å²) in [6.07, 6.45) is 9.71. The molecule has 1 saturated heterocycles. The Kier molecular flexibility index (Phi) is 6.79. The van der Waals surface area contributed by atoms with Crippen molar-refractivity contribution in [2.75, 3.05) is 39.4 Å². The number of rotatable bonds is 6. The summed E-state index contributed by atoms with van der Waals surface area (Å²) >= 11 is 0. The second-order valence-electron chi connectivity index (χ2n) is 7.10. The summed E-state index contributed by atoms with van der Waals surface area (Å²) in [7, 11) is 0. The highest BCUT2D eigenvalue weighted by atomic mass is 16.5. The third kappa shape index (κ3) is 4.71. The molecule has 20 heavy (non-hydrogen) atoms. The fourth-order valence-electron chi connectivity index (χ4n) is 3.74. The van der Waals surface area contributed by atoms with Crippen molar-refractivity contribution in [2.45, 2.75) is 64.3 Å². The van der Waals surface area contributed by atoms with Gasteiger partial charge in [-0.3, -0.25) is 4.90 Å². The van der Waals surface area contributed by atoms with E-state index in [0.29, 0.717) is 5.54 Å². The highest BCUT2D eigenvalue weighted by molar-refractivity contribution is 4.95. The Morgan fingerprint density at radius 3 is 2.30 bits per heavy atom.